The predicted octanol–water partition coefficient (Wildman–Crippen LogP) is -0.620. The van der Waals surface area contributed by atoms with Gasteiger partial charge < -0.3 is 22.3 Å². The van der Waals surface area contributed by atoms with Gasteiger partial charge >= 0.3 is 0 Å². The summed E-state index contributed by atoms with van der Waals surface area (Å²) in [4.78, 5) is 1.39. The van der Waals surface area contributed by atoms with Crippen molar-refractivity contribution < 1.29 is 12.4 Å². The summed E-state index contributed by atoms with van der Waals surface area (Å²) in [5.74, 6) is 0. The van der Waals surface area contributed by atoms with Crippen LogP contribution in [0.4, 0.5) is 0 Å². The van der Waals surface area contributed by atoms with Gasteiger partial charge in [0.2, 0.25) is 0 Å². The van der Waals surface area contributed by atoms with Gasteiger partial charge in [-0.2, -0.15) is 0 Å². The van der Waals surface area contributed by atoms with Gasteiger partial charge in [0.25, 0.3) is 0 Å². The van der Waals surface area contributed by atoms with Gasteiger partial charge in [0.05, 0.1) is 0 Å². The largest absolute Gasteiger partial charge is 1.00 e. The molecule has 2 nitrogen and oxygen atoms in total. The number of aryl methyl sites for hydroxylation is 1. The maximum Gasteiger partial charge on any atom is 0.0362 e. The summed E-state index contributed by atoms with van der Waals surface area (Å²) >= 11 is 1.80. The lowest BCUT2D eigenvalue weighted by molar-refractivity contribution is -0.00000287. The molecule has 0 saturated carbocycles. The summed E-state index contributed by atoms with van der Waals surface area (Å²) < 4.78 is 2.14. The molecule has 1 N–H and O–H groups in total. The topological polar surface area (TPSA) is 17.0 Å². The van der Waals surface area contributed by atoms with Gasteiger partial charge in [0.1, 0.15) is 0 Å². The fourth-order valence-corrected chi connectivity index (χ4v) is 2.08. The van der Waals surface area contributed by atoms with Crippen LogP contribution in [0.2, 0.25) is 0 Å². The van der Waals surface area contributed by atoms with Crippen molar-refractivity contribution in [1.82, 2.24) is 9.88 Å². The van der Waals surface area contributed by atoms with E-state index < -0.39 is 0 Å². The summed E-state index contributed by atoms with van der Waals surface area (Å²) in [6.07, 6.45) is 2.07. The molecule has 2 heterocycles. The lowest BCUT2D eigenvalue weighted by Gasteiger charge is -2.04. The number of aromatic nitrogens is 1. The number of nitrogens with one attached hydrogen (secondary N) is 1. The molecule has 0 aliphatic heterocycles. The molecule has 0 saturated heterocycles. The molecule has 2 aromatic rings. The highest BCUT2D eigenvalue weighted by atomic mass is 35.5. The molecule has 15 heavy (non-hydrogen) atoms. The van der Waals surface area contributed by atoms with Crippen molar-refractivity contribution in [2.24, 2.45) is 7.05 Å². The van der Waals surface area contributed by atoms with Gasteiger partial charge in [-0.05, 0) is 23.6 Å². The maximum atomic E-state index is 3.42. The maximum absolute atomic E-state index is 3.42. The summed E-state index contributed by atoms with van der Waals surface area (Å²) in [6, 6.07) is 8.45. The van der Waals surface area contributed by atoms with E-state index in [1.54, 1.807) is 11.3 Å². The van der Waals surface area contributed by atoms with Crippen molar-refractivity contribution in [1.29, 1.82) is 0 Å². The molecule has 0 fully saturated rings. The normalized spacial score (nSPS) is 9.93. The molecular weight excluding hydrogens is 228 g/mol. The Balaban J connectivity index is 0.00000112. The zero-order chi connectivity index (χ0) is 9.80. The lowest BCUT2D eigenvalue weighted by Crippen LogP contribution is -3.00. The molecule has 0 amide bonds. The molecule has 2 aromatic heterocycles. The highest BCUT2D eigenvalue weighted by Crippen LogP contribution is 2.08. The Morgan fingerprint density at radius 2 is 2.13 bits per heavy atom. The number of hydrogen-bond donors (Lipinski definition) is 1. The minimum Gasteiger partial charge on any atom is -1.00 e. The van der Waals surface area contributed by atoms with Crippen LogP contribution in [0.15, 0.2) is 35.8 Å². The minimum absolute atomic E-state index is 0. The average molecular weight is 242 g/mol. The van der Waals surface area contributed by atoms with Crippen LogP contribution in [0.25, 0.3) is 0 Å². The van der Waals surface area contributed by atoms with Crippen LogP contribution in [-0.2, 0) is 20.1 Å². The first-order valence-corrected chi connectivity index (χ1v) is 5.57. The Hall–Kier alpha value is -0.770. The number of thiophene rings is 1. The predicted molar refractivity (Wildman–Crippen MR) is 60.3 cm³/mol. The van der Waals surface area contributed by atoms with E-state index in [1.165, 1.54) is 10.6 Å². The third-order valence-corrected chi connectivity index (χ3v) is 3.11. The van der Waals surface area contributed by atoms with Gasteiger partial charge in [0.15, 0.2) is 0 Å². The fourth-order valence-electron chi connectivity index (χ4n) is 1.41. The molecule has 4 heteroatoms. The second-order valence-corrected chi connectivity index (χ2v) is 4.33. The summed E-state index contributed by atoms with van der Waals surface area (Å²) in [5.41, 5.74) is 1.32. The van der Waals surface area contributed by atoms with E-state index in [0.717, 1.165) is 13.1 Å². The van der Waals surface area contributed by atoms with E-state index in [9.17, 15) is 0 Å². The Bertz CT molecular complexity index is 381. The number of halogens is 1. The van der Waals surface area contributed by atoms with Crippen molar-refractivity contribution in [3.05, 3.63) is 46.4 Å². The van der Waals surface area contributed by atoms with Crippen LogP contribution < -0.4 is 17.7 Å². The van der Waals surface area contributed by atoms with E-state index in [4.69, 9.17) is 0 Å². The molecule has 2 rings (SSSR count). The standard InChI is InChI=1S/C11H14N2S.ClH/c1-13-6-2-4-10(13)8-12-9-11-5-3-7-14-11;/h2-7,12H,8-9H2,1H3;1H/p-1. The average Bonchev–Trinajstić information content (AvgIpc) is 2.78. The Kier molecular flexibility index (Phi) is 4.88. The van der Waals surface area contributed by atoms with Crippen molar-refractivity contribution in [2.45, 2.75) is 13.1 Å². The van der Waals surface area contributed by atoms with Crippen molar-refractivity contribution >= 4 is 11.3 Å². The Morgan fingerprint density at radius 3 is 2.73 bits per heavy atom. The van der Waals surface area contributed by atoms with E-state index in [-0.39, 0.29) is 12.4 Å². The number of rotatable bonds is 4. The molecule has 82 valence electrons. The molecule has 0 aromatic carbocycles. The van der Waals surface area contributed by atoms with E-state index in [0.29, 0.717) is 0 Å². The van der Waals surface area contributed by atoms with E-state index in [1.807, 2.05) is 0 Å². The van der Waals surface area contributed by atoms with Crippen LogP contribution in [0.5, 0.6) is 0 Å². The second kappa shape index (κ2) is 5.95. The van der Waals surface area contributed by atoms with Crippen LogP contribution in [0.1, 0.15) is 10.6 Å². The first-order valence-electron chi connectivity index (χ1n) is 4.69. The Morgan fingerprint density at radius 1 is 1.27 bits per heavy atom. The Labute approximate surface area is 100 Å². The highest BCUT2D eigenvalue weighted by molar-refractivity contribution is 7.09. The van der Waals surface area contributed by atoms with Crippen LogP contribution in [0, 0.1) is 0 Å². The van der Waals surface area contributed by atoms with Crippen LogP contribution in [0.3, 0.4) is 0 Å². The molecular formula is C11H14ClN2S-. The first kappa shape index (κ1) is 12.3. The van der Waals surface area contributed by atoms with Crippen molar-refractivity contribution in [3.63, 3.8) is 0 Å². The number of hydrogen-bond acceptors (Lipinski definition) is 2. The van der Waals surface area contributed by atoms with Gasteiger partial charge in [-0.25, -0.2) is 0 Å². The molecule has 0 spiro atoms. The molecule has 0 unspecified atom stereocenters. The molecule has 0 atom stereocenters. The summed E-state index contributed by atoms with van der Waals surface area (Å²) in [7, 11) is 2.07. The highest BCUT2D eigenvalue weighted by Gasteiger charge is 1.96. The molecule has 0 aliphatic rings. The van der Waals surface area contributed by atoms with E-state index >= 15 is 0 Å². The third-order valence-electron chi connectivity index (χ3n) is 2.24. The quantitative estimate of drug-likeness (QED) is 0.755. The van der Waals surface area contributed by atoms with Crippen LogP contribution in [-0.4, -0.2) is 4.57 Å². The zero-order valence-electron chi connectivity index (χ0n) is 8.61. The third kappa shape index (κ3) is 3.38. The first-order chi connectivity index (χ1) is 6.86. The van der Waals surface area contributed by atoms with E-state index in [2.05, 4.69) is 52.8 Å². The van der Waals surface area contributed by atoms with Crippen LogP contribution >= 0.6 is 11.3 Å². The zero-order valence-corrected chi connectivity index (χ0v) is 10.2. The molecule has 0 aliphatic carbocycles. The van der Waals surface area contributed by atoms with Gasteiger partial charge in [-0.1, -0.05) is 6.07 Å². The molecule has 0 radical (unpaired) electrons. The van der Waals surface area contributed by atoms with Gasteiger partial charge in [-0.15, -0.1) is 11.3 Å². The second-order valence-electron chi connectivity index (χ2n) is 3.29. The molecule has 0 bridgehead atoms. The van der Waals surface area contributed by atoms with Crippen molar-refractivity contribution in [2.75, 3.05) is 0 Å². The smallest absolute Gasteiger partial charge is 0.0362 e. The van der Waals surface area contributed by atoms with Crippen molar-refractivity contribution in [3.8, 4) is 0 Å². The minimum atomic E-state index is 0. The van der Waals surface area contributed by atoms with Gasteiger partial charge in [-0.3, -0.25) is 0 Å². The lowest BCUT2D eigenvalue weighted by atomic mass is 10.4. The number of nitrogens with zero attached hydrogens (tertiary/aromatic N) is 1. The summed E-state index contributed by atoms with van der Waals surface area (Å²) in [5, 5.41) is 5.53. The van der Waals surface area contributed by atoms with Gasteiger partial charge in [0, 0.05) is 36.9 Å². The SMILES string of the molecule is Cn1cccc1CNCc1cccs1.[Cl-]. The fraction of sp³-hybridized carbons (Fsp3) is 0.273. The monoisotopic (exact) mass is 241 g/mol. The summed E-state index contributed by atoms with van der Waals surface area (Å²) in [6.45, 7) is 1.89.